The lowest BCUT2D eigenvalue weighted by molar-refractivity contribution is -0.142. The number of para-hydroxylation sites is 1. The highest BCUT2D eigenvalue weighted by molar-refractivity contribution is 5.68. The van der Waals surface area contributed by atoms with Crippen LogP contribution in [0.4, 0.5) is 5.69 Å². The Labute approximate surface area is 230 Å². The quantitative estimate of drug-likeness (QED) is 0.363. The van der Waals surface area contributed by atoms with Crippen LogP contribution in [0.5, 0.6) is 11.5 Å². The summed E-state index contributed by atoms with van der Waals surface area (Å²) in [6.07, 6.45) is 0.892. The second-order valence-corrected chi connectivity index (χ2v) is 10.1. The largest absolute Gasteiger partial charge is 0.508 e. The molecule has 2 heterocycles. The number of phenols is 1. The van der Waals surface area contributed by atoms with E-state index in [2.05, 4.69) is 69.3 Å². The molecule has 3 aromatic carbocycles. The van der Waals surface area contributed by atoms with Crippen molar-refractivity contribution in [3.05, 3.63) is 89.5 Å². The van der Waals surface area contributed by atoms with Crippen LogP contribution in [-0.2, 0) is 16.0 Å². The van der Waals surface area contributed by atoms with E-state index in [0.717, 1.165) is 58.0 Å². The van der Waals surface area contributed by atoms with E-state index in [1.54, 1.807) is 6.07 Å². The summed E-state index contributed by atoms with van der Waals surface area (Å²) in [4.78, 5) is 17.7. The first-order valence-electron chi connectivity index (χ1n) is 13.7. The molecular weight excluding hydrogens is 494 g/mol. The molecule has 8 nitrogen and oxygen atoms in total. The van der Waals surface area contributed by atoms with Gasteiger partial charge in [0.1, 0.15) is 24.7 Å². The molecule has 3 aromatic rings. The maximum absolute atomic E-state index is 10.5. The summed E-state index contributed by atoms with van der Waals surface area (Å²) in [7, 11) is 0. The Morgan fingerprint density at radius 3 is 2.23 bits per heavy atom. The van der Waals surface area contributed by atoms with E-state index in [4.69, 9.17) is 14.6 Å². The first-order valence-corrected chi connectivity index (χ1v) is 13.7. The van der Waals surface area contributed by atoms with E-state index in [9.17, 15) is 9.90 Å². The standard InChI is InChI=1S/C31H37N3O5/c35-27-8-11-29-25(22-27)12-13-34(26-4-2-1-3-5-26)31(29)24-6-9-28(10-7-24)39-21-19-33-16-14-32(15-17-33)18-20-38-23-30(36)37/h1-11,22,31,35H,12-21,23H2,(H,36,37)/t31-/m1/s1. The van der Waals surface area contributed by atoms with Crippen LogP contribution in [0.3, 0.4) is 0 Å². The number of rotatable bonds is 11. The SMILES string of the molecule is O=C(O)COCCN1CCN(CCOc2ccc([C@@H]3c4ccc(O)cc4CCN3c3ccccc3)cc2)CC1. The number of benzene rings is 3. The minimum Gasteiger partial charge on any atom is -0.508 e. The highest BCUT2D eigenvalue weighted by atomic mass is 16.5. The number of fused-ring (bicyclic) bond motifs is 1. The number of piperazine rings is 1. The Balaban J connectivity index is 1.15. The number of hydrogen-bond donors (Lipinski definition) is 2. The summed E-state index contributed by atoms with van der Waals surface area (Å²) in [6.45, 7) is 7.18. The van der Waals surface area contributed by atoms with Gasteiger partial charge in [0.15, 0.2) is 0 Å². The second kappa shape index (κ2) is 13.0. The number of aromatic hydroxyl groups is 1. The second-order valence-electron chi connectivity index (χ2n) is 10.1. The monoisotopic (exact) mass is 531 g/mol. The van der Waals surface area contributed by atoms with Crippen LogP contribution >= 0.6 is 0 Å². The molecule has 0 spiro atoms. The Hall–Kier alpha value is -3.59. The third-order valence-electron chi connectivity index (χ3n) is 7.56. The van der Waals surface area contributed by atoms with Crippen LogP contribution < -0.4 is 9.64 Å². The number of carboxylic acids is 1. The van der Waals surface area contributed by atoms with Crippen molar-refractivity contribution in [3.63, 3.8) is 0 Å². The van der Waals surface area contributed by atoms with Gasteiger partial charge in [0.25, 0.3) is 0 Å². The van der Waals surface area contributed by atoms with Gasteiger partial charge in [-0.1, -0.05) is 36.4 Å². The van der Waals surface area contributed by atoms with E-state index in [-0.39, 0.29) is 12.6 Å². The van der Waals surface area contributed by atoms with Crippen LogP contribution in [0.2, 0.25) is 0 Å². The van der Waals surface area contributed by atoms with Gasteiger partial charge in [-0.2, -0.15) is 0 Å². The molecule has 1 atom stereocenters. The van der Waals surface area contributed by atoms with Crippen LogP contribution in [0, 0.1) is 0 Å². The summed E-state index contributed by atoms with van der Waals surface area (Å²) in [6, 6.07) is 24.7. The number of hydrogen-bond acceptors (Lipinski definition) is 7. The Morgan fingerprint density at radius 1 is 0.846 bits per heavy atom. The fourth-order valence-corrected chi connectivity index (χ4v) is 5.50. The zero-order chi connectivity index (χ0) is 27.0. The van der Waals surface area contributed by atoms with E-state index in [0.29, 0.717) is 19.0 Å². The van der Waals surface area contributed by atoms with Gasteiger partial charge in [0.2, 0.25) is 0 Å². The van der Waals surface area contributed by atoms with Crippen molar-refractivity contribution in [2.45, 2.75) is 12.5 Å². The van der Waals surface area contributed by atoms with Crippen LogP contribution in [0.15, 0.2) is 72.8 Å². The molecule has 0 unspecified atom stereocenters. The zero-order valence-corrected chi connectivity index (χ0v) is 22.2. The average Bonchev–Trinajstić information content (AvgIpc) is 2.96. The molecule has 0 saturated carbocycles. The molecule has 0 radical (unpaired) electrons. The summed E-state index contributed by atoms with van der Waals surface area (Å²) in [5.41, 5.74) is 4.81. The van der Waals surface area contributed by atoms with Gasteiger partial charge in [0.05, 0.1) is 12.6 Å². The van der Waals surface area contributed by atoms with Crippen molar-refractivity contribution in [1.82, 2.24) is 9.80 Å². The summed E-state index contributed by atoms with van der Waals surface area (Å²) >= 11 is 0. The normalized spacial score (nSPS) is 18.1. The molecule has 8 heteroatoms. The molecule has 39 heavy (non-hydrogen) atoms. The molecule has 0 aromatic heterocycles. The molecule has 0 bridgehead atoms. The highest BCUT2D eigenvalue weighted by Gasteiger charge is 2.29. The number of ether oxygens (including phenoxy) is 2. The van der Waals surface area contributed by atoms with Crippen LogP contribution in [0.1, 0.15) is 22.7 Å². The molecule has 2 aliphatic rings. The van der Waals surface area contributed by atoms with E-state index in [1.807, 2.05) is 12.1 Å². The van der Waals surface area contributed by atoms with Crippen molar-refractivity contribution < 1.29 is 24.5 Å². The molecule has 1 saturated heterocycles. The lowest BCUT2D eigenvalue weighted by Crippen LogP contribution is -2.48. The Kier molecular flexibility index (Phi) is 8.98. The summed E-state index contributed by atoms with van der Waals surface area (Å²) < 4.78 is 11.2. The van der Waals surface area contributed by atoms with Crippen molar-refractivity contribution in [2.24, 2.45) is 0 Å². The number of carbonyl (C=O) groups is 1. The fourth-order valence-electron chi connectivity index (χ4n) is 5.50. The highest BCUT2D eigenvalue weighted by Crippen LogP contribution is 2.39. The van der Waals surface area contributed by atoms with E-state index in [1.165, 1.54) is 22.4 Å². The number of phenolic OH excluding ortho intramolecular Hbond substituents is 1. The predicted molar refractivity (Wildman–Crippen MR) is 151 cm³/mol. The smallest absolute Gasteiger partial charge is 0.329 e. The topological polar surface area (TPSA) is 85.7 Å². The lowest BCUT2D eigenvalue weighted by Gasteiger charge is -2.39. The van der Waals surface area contributed by atoms with Gasteiger partial charge in [0, 0.05) is 51.5 Å². The number of carboxylic acid groups (broad SMARTS) is 1. The average molecular weight is 532 g/mol. The molecule has 1 fully saturated rings. The van der Waals surface area contributed by atoms with Gasteiger partial charge >= 0.3 is 5.97 Å². The minimum atomic E-state index is -0.927. The van der Waals surface area contributed by atoms with Gasteiger partial charge in [-0.15, -0.1) is 0 Å². The Bertz CT molecular complexity index is 1210. The van der Waals surface area contributed by atoms with E-state index >= 15 is 0 Å². The van der Waals surface area contributed by atoms with Crippen molar-refractivity contribution in [1.29, 1.82) is 0 Å². The van der Waals surface area contributed by atoms with Gasteiger partial charge in [-0.05, 0) is 59.5 Å². The van der Waals surface area contributed by atoms with E-state index < -0.39 is 5.97 Å². The van der Waals surface area contributed by atoms with Crippen LogP contribution in [0.25, 0.3) is 0 Å². The number of nitrogens with zero attached hydrogens (tertiary/aromatic N) is 3. The molecule has 2 aliphatic heterocycles. The molecule has 5 rings (SSSR count). The zero-order valence-electron chi connectivity index (χ0n) is 22.2. The molecule has 206 valence electrons. The first-order chi connectivity index (χ1) is 19.1. The van der Waals surface area contributed by atoms with Gasteiger partial charge in [-0.3, -0.25) is 9.80 Å². The van der Waals surface area contributed by atoms with Crippen molar-refractivity contribution in [3.8, 4) is 11.5 Å². The third-order valence-corrected chi connectivity index (χ3v) is 7.56. The lowest BCUT2D eigenvalue weighted by atomic mass is 9.87. The molecular formula is C31H37N3O5. The summed E-state index contributed by atoms with van der Waals surface area (Å²) in [5, 5.41) is 18.7. The summed E-state index contributed by atoms with van der Waals surface area (Å²) in [5.74, 6) is 0.251. The molecule has 0 aliphatic carbocycles. The molecule has 0 amide bonds. The maximum atomic E-state index is 10.5. The molecule has 2 N–H and O–H groups in total. The third kappa shape index (κ3) is 7.09. The maximum Gasteiger partial charge on any atom is 0.329 e. The van der Waals surface area contributed by atoms with Crippen LogP contribution in [-0.4, -0.2) is 91.6 Å². The number of aliphatic carboxylic acids is 1. The van der Waals surface area contributed by atoms with Crippen molar-refractivity contribution >= 4 is 11.7 Å². The minimum absolute atomic E-state index is 0.0663. The fraction of sp³-hybridized carbons (Fsp3) is 0.387. The first kappa shape index (κ1) is 27.0. The van der Waals surface area contributed by atoms with Crippen molar-refractivity contribution in [2.75, 3.05) is 70.5 Å². The van der Waals surface area contributed by atoms with Gasteiger partial charge < -0.3 is 24.6 Å². The van der Waals surface area contributed by atoms with Gasteiger partial charge in [-0.25, -0.2) is 4.79 Å². The Morgan fingerprint density at radius 2 is 1.54 bits per heavy atom. The predicted octanol–water partition coefficient (Wildman–Crippen LogP) is 3.64. The number of anilines is 1.